The van der Waals surface area contributed by atoms with Crippen LogP contribution in [-0.4, -0.2) is 56.2 Å². The lowest BCUT2D eigenvalue weighted by Gasteiger charge is -2.23. The Kier molecular flexibility index (Phi) is 10.1. The molecule has 10 nitrogen and oxygen atoms in total. The SMILES string of the molecule is C[Si](C)(C)CCOCn1ncc2nc([C@H](Cc3cc(F)cc(F)c3)NC(=O)Cn3nc(C(F)F)c4c3C(F)(F)[C@@H]3C[C@H]43)c(-c3ccc(Cl)c(C(=O)O)c3)cc21. The predicted octanol–water partition coefficient (Wildman–Crippen LogP) is 8.48. The largest absolute Gasteiger partial charge is 0.478 e. The highest BCUT2D eigenvalue weighted by atomic mass is 35.5. The number of carbonyl (C=O) groups excluding carboxylic acids is 1. The molecule has 5 aromatic rings. The van der Waals surface area contributed by atoms with E-state index in [1.807, 2.05) is 0 Å². The first-order valence-electron chi connectivity index (χ1n) is 17.4. The number of carbonyl (C=O) groups is 2. The molecule has 1 fully saturated rings. The summed E-state index contributed by atoms with van der Waals surface area (Å²) in [4.78, 5) is 30.7. The summed E-state index contributed by atoms with van der Waals surface area (Å²) in [5.41, 5.74) is -0.511. The van der Waals surface area contributed by atoms with Crippen molar-refractivity contribution in [3.05, 3.63) is 99.1 Å². The van der Waals surface area contributed by atoms with Crippen LogP contribution in [0.4, 0.5) is 26.3 Å². The maximum absolute atomic E-state index is 15.3. The second-order valence-corrected chi connectivity index (χ2v) is 21.1. The molecule has 2 aliphatic carbocycles. The summed E-state index contributed by atoms with van der Waals surface area (Å²) in [6.45, 7) is 6.29. The molecule has 3 heterocycles. The highest BCUT2D eigenvalue weighted by Gasteiger charge is 2.67. The van der Waals surface area contributed by atoms with Crippen LogP contribution < -0.4 is 5.32 Å². The molecule has 0 bridgehead atoms. The van der Waals surface area contributed by atoms with Gasteiger partial charge in [-0.15, -0.1) is 0 Å². The van der Waals surface area contributed by atoms with Crippen LogP contribution in [0, 0.1) is 17.6 Å². The van der Waals surface area contributed by atoms with Gasteiger partial charge in [-0.2, -0.15) is 19.0 Å². The van der Waals surface area contributed by atoms with Crippen LogP contribution in [0.15, 0.2) is 48.7 Å². The molecule has 55 heavy (non-hydrogen) atoms. The van der Waals surface area contributed by atoms with E-state index in [4.69, 9.17) is 21.3 Å². The molecule has 7 rings (SSSR count). The molecule has 3 atom stereocenters. The van der Waals surface area contributed by atoms with E-state index in [2.05, 4.69) is 35.2 Å². The van der Waals surface area contributed by atoms with Gasteiger partial charge < -0.3 is 15.2 Å². The van der Waals surface area contributed by atoms with Crippen molar-refractivity contribution in [1.29, 1.82) is 0 Å². The Bertz CT molecular complexity index is 2310. The molecular formula is C37H35ClF6N6O4Si. The third-order valence-corrected chi connectivity index (χ3v) is 11.9. The Balaban J connectivity index is 1.31. The molecule has 2 N–H and O–H groups in total. The monoisotopic (exact) mass is 804 g/mol. The lowest BCUT2D eigenvalue weighted by Crippen LogP contribution is -2.35. The topological polar surface area (TPSA) is 124 Å². The van der Waals surface area contributed by atoms with Crippen molar-refractivity contribution in [2.75, 3.05) is 6.61 Å². The zero-order chi connectivity index (χ0) is 39.6. The summed E-state index contributed by atoms with van der Waals surface area (Å²) in [7, 11) is -1.40. The van der Waals surface area contributed by atoms with Crippen LogP contribution in [0.2, 0.25) is 30.7 Å². The predicted molar refractivity (Wildman–Crippen MR) is 192 cm³/mol. The molecule has 1 saturated carbocycles. The number of aromatic carboxylic acids is 1. The van der Waals surface area contributed by atoms with Gasteiger partial charge >= 0.3 is 5.97 Å². The first-order valence-corrected chi connectivity index (χ1v) is 21.5. The van der Waals surface area contributed by atoms with E-state index in [0.29, 0.717) is 28.4 Å². The van der Waals surface area contributed by atoms with Gasteiger partial charge in [-0.1, -0.05) is 37.3 Å². The average Bonchev–Trinajstić information content (AvgIpc) is 3.57. The van der Waals surface area contributed by atoms with E-state index >= 15 is 8.78 Å². The summed E-state index contributed by atoms with van der Waals surface area (Å²) < 4.78 is 95.6. The summed E-state index contributed by atoms with van der Waals surface area (Å²) >= 11 is 6.20. The number of carboxylic acids is 1. The molecule has 0 aliphatic heterocycles. The number of hydrogen-bond acceptors (Lipinski definition) is 6. The quantitative estimate of drug-likeness (QED) is 0.0656. The Labute approximate surface area is 316 Å². The fraction of sp³-hybridized carbons (Fsp3) is 0.378. The van der Waals surface area contributed by atoms with E-state index in [1.165, 1.54) is 24.4 Å². The number of hydrogen-bond donors (Lipinski definition) is 2. The minimum absolute atomic E-state index is 0.0380. The molecule has 0 spiro atoms. The molecule has 1 amide bonds. The van der Waals surface area contributed by atoms with Crippen LogP contribution in [0.5, 0.6) is 0 Å². The molecule has 0 unspecified atom stereocenters. The highest BCUT2D eigenvalue weighted by molar-refractivity contribution is 6.76. The van der Waals surface area contributed by atoms with E-state index in [-0.39, 0.29) is 58.1 Å². The van der Waals surface area contributed by atoms with Crippen molar-refractivity contribution < 1.29 is 45.8 Å². The number of fused-ring (bicyclic) bond motifs is 4. The van der Waals surface area contributed by atoms with Gasteiger partial charge in [0.2, 0.25) is 5.91 Å². The van der Waals surface area contributed by atoms with E-state index in [0.717, 1.165) is 18.2 Å². The second kappa shape index (κ2) is 14.4. The van der Waals surface area contributed by atoms with Gasteiger partial charge in [0.05, 0.1) is 34.0 Å². The average molecular weight is 805 g/mol. The van der Waals surface area contributed by atoms with Crippen molar-refractivity contribution in [2.45, 2.75) is 76.1 Å². The lowest BCUT2D eigenvalue weighted by atomic mass is 9.94. The summed E-state index contributed by atoms with van der Waals surface area (Å²) in [5, 5.41) is 20.7. The van der Waals surface area contributed by atoms with Crippen LogP contribution in [-0.2, 0) is 35.2 Å². The number of nitrogens with zero attached hydrogens (tertiary/aromatic N) is 5. The molecule has 18 heteroatoms. The van der Waals surface area contributed by atoms with Gasteiger partial charge in [0.1, 0.15) is 41.8 Å². The minimum atomic E-state index is -3.48. The molecule has 0 saturated heterocycles. The van der Waals surface area contributed by atoms with Gasteiger partial charge in [0, 0.05) is 37.8 Å². The summed E-state index contributed by atoms with van der Waals surface area (Å²) in [6.07, 6.45) is -1.96. The lowest BCUT2D eigenvalue weighted by molar-refractivity contribution is -0.123. The van der Waals surface area contributed by atoms with E-state index in [1.54, 1.807) is 10.7 Å². The highest BCUT2D eigenvalue weighted by Crippen LogP contribution is 2.68. The number of pyridine rings is 1. The van der Waals surface area contributed by atoms with Gasteiger partial charge in [-0.25, -0.2) is 32.0 Å². The van der Waals surface area contributed by atoms with Crippen LogP contribution in [0.25, 0.3) is 22.2 Å². The number of rotatable bonds is 14. The van der Waals surface area contributed by atoms with Crippen molar-refractivity contribution in [3.63, 3.8) is 0 Å². The summed E-state index contributed by atoms with van der Waals surface area (Å²) in [5.74, 6) is -9.48. The zero-order valence-electron chi connectivity index (χ0n) is 29.7. The maximum atomic E-state index is 15.3. The first kappa shape index (κ1) is 38.5. The van der Waals surface area contributed by atoms with Crippen molar-refractivity contribution >= 4 is 42.6 Å². The van der Waals surface area contributed by atoms with Gasteiger partial charge in [0.25, 0.3) is 12.3 Å². The van der Waals surface area contributed by atoms with Crippen molar-refractivity contribution in [1.82, 2.24) is 29.9 Å². The number of benzene rings is 2. The number of ether oxygens (including phenoxy) is 1. The Morgan fingerprint density at radius 2 is 1.80 bits per heavy atom. The number of nitrogens with one attached hydrogen (secondary N) is 1. The molecule has 2 aliphatic rings. The fourth-order valence-electron chi connectivity index (χ4n) is 7.14. The number of amides is 1. The van der Waals surface area contributed by atoms with E-state index < -0.39 is 79.7 Å². The van der Waals surface area contributed by atoms with Gasteiger partial charge in [-0.3, -0.25) is 9.48 Å². The number of halogens is 7. The fourth-order valence-corrected chi connectivity index (χ4v) is 8.10. The third-order valence-electron chi connectivity index (χ3n) is 9.86. The Hall–Kier alpha value is -4.74. The molecule has 0 radical (unpaired) electrons. The van der Waals surface area contributed by atoms with Crippen LogP contribution in [0.3, 0.4) is 0 Å². The second-order valence-electron chi connectivity index (χ2n) is 15.1. The standard InChI is InChI=1S/C37H35ClF6N6O4Si/c1-55(2,3)7-6-54-17-50-29-14-22(19-4-5-26(38)24(11-19)36(52)53)32(47-28(29)15-45-50)27(10-18-8-20(39)12-21(40)9-18)46-30(51)16-49-34-31(33(48-49)35(41)42)23-13-25(23)37(34,43)44/h4-5,8-9,11-12,14-15,23,25,27,35H,6-7,10,13,16-17H2,1-3H3,(H,46,51)(H,52,53)/t23-,25+,27-/m0/s1. The normalized spacial score (nSPS) is 17.7. The van der Waals surface area contributed by atoms with Crippen LogP contribution in [0.1, 0.15) is 63.4 Å². The van der Waals surface area contributed by atoms with Crippen LogP contribution >= 0.6 is 11.6 Å². The van der Waals surface area contributed by atoms with Gasteiger partial charge in [-0.05, 0) is 66.3 Å². The van der Waals surface area contributed by atoms with Crippen molar-refractivity contribution in [3.8, 4) is 11.1 Å². The number of alkyl halides is 4. The minimum Gasteiger partial charge on any atom is -0.478 e. The smallest absolute Gasteiger partial charge is 0.337 e. The number of aromatic nitrogens is 5. The molecule has 2 aromatic carbocycles. The zero-order valence-corrected chi connectivity index (χ0v) is 31.5. The van der Waals surface area contributed by atoms with Gasteiger partial charge in [0.15, 0.2) is 0 Å². The molecule has 3 aromatic heterocycles. The number of carboxylic acid groups (broad SMARTS) is 1. The Morgan fingerprint density at radius 1 is 1.07 bits per heavy atom. The Morgan fingerprint density at radius 3 is 2.47 bits per heavy atom. The third kappa shape index (κ3) is 7.73. The summed E-state index contributed by atoms with van der Waals surface area (Å²) in [6, 6.07) is 8.24. The van der Waals surface area contributed by atoms with E-state index in [9.17, 15) is 32.3 Å². The maximum Gasteiger partial charge on any atom is 0.337 e. The van der Waals surface area contributed by atoms with Crippen molar-refractivity contribution in [2.24, 2.45) is 5.92 Å². The molecule has 290 valence electrons. The first-order chi connectivity index (χ1) is 25.9. The molecular weight excluding hydrogens is 770 g/mol.